The van der Waals surface area contributed by atoms with E-state index in [1.165, 1.54) is 0 Å². The van der Waals surface area contributed by atoms with Crippen LogP contribution in [0.5, 0.6) is 0 Å². The summed E-state index contributed by atoms with van der Waals surface area (Å²) in [5.41, 5.74) is 9.23. The second-order valence-electron chi connectivity index (χ2n) is 5.66. The monoisotopic (exact) mass is 281 g/mol. The van der Waals surface area contributed by atoms with Gasteiger partial charge in [-0.2, -0.15) is 0 Å². The number of nitrogens with zero attached hydrogens (tertiary/aromatic N) is 2. The number of amides is 1. The van der Waals surface area contributed by atoms with E-state index in [0.29, 0.717) is 23.8 Å². The third kappa shape index (κ3) is 3.21. The Balaban J connectivity index is 1.85. The van der Waals surface area contributed by atoms with Crippen molar-refractivity contribution in [1.82, 2.24) is 9.88 Å². The van der Waals surface area contributed by atoms with E-state index in [0.717, 1.165) is 24.0 Å². The van der Waals surface area contributed by atoms with Crippen molar-refractivity contribution >= 4 is 11.6 Å². The minimum absolute atomic E-state index is 0.0525. The number of aryl methyl sites for hydroxylation is 1. The number of nitrogens with two attached hydrogens (primary N) is 1. The number of hydrogen-bond acceptors (Lipinski definition) is 3. The molecular weight excluding hydrogens is 262 g/mol. The highest BCUT2D eigenvalue weighted by Gasteiger charge is 2.33. The van der Waals surface area contributed by atoms with Crippen LogP contribution < -0.4 is 5.73 Å². The molecule has 2 N–H and O–H groups in total. The summed E-state index contributed by atoms with van der Waals surface area (Å²) in [4.78, 5) is 18.8. The van der Waals surface area contributed by atoms with Crippen LogP contribution in [-0.2, 0) is 6.54 Å². The van der Waals surface area contributed by atoms with Gasteiger partial charge in [0.1, 0.15) is 0 Å². The lowest BCUT2D eigenvalue weighted by Gasteiger charge is -2.23. The molecule has 0 bridgehead atoms. The Hall–Kier alpha value is -2.36. The highest BCUT2D eigenvalue weighted by molar-refractivity contribution is 5.95. The number of anilines is 1. The van der Waals surface area contributed by atoms with Crippen molar-refractivity contribution in [2.24, 2.45) is 0 Å². The lowest BCUT2D eigenvalue weighted by atomic mass is 10.1. The molecule has 0 unspecified atom stereocenters. The van der Waals surface area contributed by atoms with Crippen molar-refractivity contribution in [3.8, 4) is 0 Å². The molecule has 2 aromatic rings. The van der Waals surface area contributed by atoms with Gasteiger partial charge in [0.2, 0.25) is 0 Å². The fourth-order valence-electron chi connectivity index (χ4n) is 2.54. The van der Waals surface area contributed by atoms with Crippen molar-refractivity contribution in [1.29, 1.82) is 0 Å². The maximum atomic E-state index is 12.8. The molecule has 0 radical (unpaired) electrons. The molecule has 4 heteroatoms. The van der Waals surface area contributed by atoms with Gasteiger partial charge < -0.3 is 10.6 Å². The average molecular weight is 281 g/mol. The van der Waals surface area contributed by atoms with Gasteiger partial charge in [0.05, 0.1) is 0 Å². The Morgan fingerprint density at radius 1 is 1.38 bits per heavy atom. The largest absolute Gasteiger partial charge is 0.399 e. The first-order valence-electron chi connectivity index (χ1n) is 7.20. The van der Waals surface area contributed by atoms with Crippen LogP contribution in [0.1, 0.15) is 34.3 Å². The van der Waals surface area contributed by atoms with Crippen molar-refractivity contribution in [2.75, 3.05) is 5.73 Å². The summed E-state index contributed by atoms with van der Waals surface area (Å²) in [5, 5.41) is 0. The molecule has 3 rings (SSSR count). The van der Waals surface area contributed by atoms with Gasteiger partial charge in [-0.15, -0.1) is 0 Å². The zero-order chi connectivity index (χ0) is 14.8. The molecule has 0 aliphatic heterocycles. The molecule has 0 atom stereocenters. The van der Waals surface area contributed by atoms with Crippen LogP contribution in [0.3, 0.4) is 0 Å². The first kappa shape index (κ1) is 13.6. The third-order valence-electron chi connectivity index (χ3n) is 3.67. The molecule has 0 saturated heterocycles. The summed E-state index contributed by atoms with van der Waals surface area (Å²) in [6.07, 6.45) is 5.71. The number of carbonyl (C=O) groups excluding carboxylic acids is 1. The van der Waals surface area contributed by atoms with E-state index in [4.69, 9.17) is 5.73 Å². The molecular formula is C17H19N3O. The van der Waals surface area contributed by atoms with Gasteiger partial charge in [0, 0.05) is 36.2 Å². The van der Waals surface area contributed by atoms with E-state index in [1.54, 1.807) is 12.3 Å². The van der Waals surface area contributed by atoms with Crippen LogP contribution in [0.2, 0.25) is 0 Å². The smallest absolute Gasteiger partial charge is 0.254 e. The summed E-state index contributed by atoms with van der Waals surface area (Å²) in [6, 6.07) is 9.78. The lowest BCUT2D eigenvalue weighted by molar-refractivity contribution is 0.0729. The van der Waals surface area contributed by atoms with Crippen LogP contribution in [0.4, 0.5) is 5.69 Å². The number of aromatic nitrogens is 1. The zero-order valence-electron chi connectivity index (χ0n) is 12.1. The minimum Gasteiger partial charge on any atom is -0.399 e. The van der Waals surface area contributed by atoms with Gasteiger partial charge in [-0.1, -0.05) is 6.07 Å². The van der Waals surface area contributed by atoms with Gasteiger partial charge in [-0.3, -0.25) is 9.78 Å². The van der Waals surface area contributed by atoms with E-state index in [1.807, 2.05) is 42.3 Å². The SMILES string of the molecule is Cc1cc(N)cc(C(=O)N(Cc2cccnc2)C2CC2)c1. The molecule has 1 aliphatic carbocycles. The number of carbonyl (C=O) groups is 1. The predicted octanol–water partition coefficient (Wildman–Crippen LogP) is 2.78. The Bertz CT molecular complexity index is 630. The summed E-state index contributed by atoms with van der Waals surface area (Å²) in [6.45, 7) is 2.56. The topological polar surface area (TPSA) is 59.2 Å². The third-order valence-corrected chi connectivity index (χ3v) is 3.67. The summed E-state index contributed by atoms with van der Waals surface area (Å²) >= 11 is 0. The van der Waals surface area contributed by atoms with Crippen LogP contribution in [0.25, 0.3) is 0 Å². The van der Waals surface area contributed by atoms with Crippen LogP contribution in [-0.4, -0.2) is 21.8 Å². The fourth-order valence-corrected chi connectivity index (χ4v) is 2.54. The molecule has 1 aliphatic rings. The van der Waals surface area contributed by atoms with E-state index in [9.17, 15) is 4.79 Å². The molecule has 0 spiro atoms. The second-order valence-corrected chi connectivity index (χ2v) is 5.66. The summed E-state index contributed by atoms with van der Waals surface area (Å²) in [7, 11) is 0. The maximum Gasteiger partial charge on any atom is 0.254 e. The van der Waals surface area contributed by atoms with Crippen molar-refractivity contribution in [2.45, 2.75) is 32.4 Å². The van der Waals surface area contributed by atoms with E-state index < -0.39 is 0 Å². The second kappa shape index (κ2) is 5.56. The molecule has 1 saturated carbocycles. The van der Waals surface area contributed by atoms with E-state index in [2.05, 4.69) is 4.98 Å². The molecule has 1 fully saturated rings. The Labute approximate surface area is 124 Å². The molecule has 1 amide bonds. The normalized spacial score (nSPS) is 14.0. The zero-order valence-corrected chi connectivity index (χ0v) is 12.1. The van der Waals surface area contributed by atoms with Crippen molar-refractivity contribution in [3.05, 3.63) is 59.4 Å². The van der Waals surface area contributed by atoms with E-state index in [-0.39, 0.29) is 5.91 Å². The number of benzene rings is 1. The maximum absolute atomic E-state index is 12.8. The van der Waals surface area contributed by atoms with Crippen LogP contribution in [0.15, 0.2) is 42.7 Å². The summed E-state index contributed by atoms with van der Waals surface area (Å²) < 4.78 is 0. The molecule has 1 heterocycles. The van der Waals surface area contributed by atoms with Gasteiger partial charge in [0.25, 0.3) is 5.91 Å². The lowest BCUT2D eigenvalue weighted by Crippen LogP contribution is -2.32. The standard InChI is InChI=1S/C17H19N3O/c1-12-7-14(9-15(18)8-12)17(21)20(16-4-5-16)11-13-3-2-6-19-10-13/h2-3,6-10,16H,4-5,11,18H2,1H3. The van der Waals surface area contributed by atoms with Crippen molar-refractivity contribution in [3.63, 3.8) is 0 Å². The fraction of sp³-hybridized carbons (Fsp3) is 0.294. The molecule has 108 valence electrons. The summed E-state index contributed by atoms with van der Waals surface area (Å²) in [5.74, 6) is 0.0525. The molecule has 4 nitrogen and oxygen atoms in total. The van der Waals surface area contributed by atoms with Crippen LogP contribution in [0, 0.1) is 6.92 Å². The van der Waals surface area contributed by atoms with Gasteiger partial charge in [0.15, 0.2) is 0 Å². The number of pyridine rings is 1. The number of rotatable bonds is 4. The number of hydrogen-bond donors (Lipinski definition) is 1. The Morgan fingerprint density at radius 2 is 2.19 bits per heavy atom. The molecule has 1 aromatic heterocycles. The highest BCUT2D eigenvalue weighted by Crippen LogP contribution is 2.30. The first-order valence-corrected chi connectivity index (χ1v) is 7.20. The number of nitrogen functional groups attached to an aromatic ring is 1. The Morgan fingerprint density at radius 3 is 2.81 bits per heavy atom. The van der Waals surface area contributed by atoms with Gasteiger partial charge >= 0.3 is 0 Å². The Kier molecular flexibility index (Phi) is 3.60. The van der Waals surface area contributed by atoms with Crippen molar-refractivity contribution < 1.29 is 4.79 Å². The van der Waals surface area contributed by atoms with Gasteiger partial charge in [-0.05, 0) is 55.2 Å². The highest BCUT2D eigenvalue weighted by atomic mass is 16.2. The van der Waals surface area contributed by atoms with Crippen LogP contribution >= 0.6 is 0 Å². The average Bonchev–Trinajstić information content (AvgIpc) is 3.29. The minimum atomic E-state index is 0.0525. The molecule has 21 heavy (non-hydrogen) atoms. The predicted molar refractivity (Wildman–Crippen MR) is 82.7 cm³/mol. The quantitative estimate of drug-likeness (QED) is 0.877. The van der Waals surface area contributed by atoms with Gasteiger partial charge in [-0.25, -0.2) is 0 Å². The molecule has 1 aromatic carbocycles. The van der Waals surface area contributed by atoms with E-state index >= 15 is 0 Å². The first-order chi connectivity index (χ1) is 10.1.